The third kappa shape index (κ3) is 4.30. The van der Waals surface area contributed by atoms with Crippen LogP contribution in [0.2, 0.25) is 0 Å². The molecule has 1 fully saturated rings. The van der Waals surface area contributed by atoms with Gasteiger partial charge in [0, 0.05) is 25.0 Å². The molecule has 2 aromatic rings. The van der Waals surface area contributed by atoms with E-state index in [4.69, 9.17) is 0 Å². The number of carbonyl (C=O) groups excluding carboxylic acids is 1. The van der Waals surface area contributed by atoms with Crippen molar-refractivity contribution in [3.63, 3.8) is 0 Å². The normalized spacial score (nSPS) is 14.8. The maximum atomic E-state index is 13.3. The molecule has 0 atom stereocenters. The van der Waals surface area contributed by atoms with E-state index in [-0.39, 0.29) is 11.7 Å². The Bertz CT molecular complexity index is 759. The third-order valence-electron chi connectivity index (χ3n) is 4.21. The van der Waals surface area contributed by atoms with Gasteiger partial charge in [0.25, 0.3) is 5.91 Å². The molecule has 0 spiro atoms. The van der Waals surface area contributed by atoms with Crippen molar-refractivity contribution in [3.05, 3.63) is 56.9 Å². The molecule has 126 valence electrons. The van der Waals surface area contributed by atoms with Gasteiger partial charge in [0.05, 0.1) is 0 Å². The van der Waals surface area contributed by atoms with E-state index in [0.717, 1.165) is 0 Å². The molecule has 0 aromatic heterocycles. The predicted molar refractivity (Wildman–Crippen MR) is 106 cm³/mol. The zero-order chi connectivity index (χ0) is 17.1. The molecule has 0 aliphatic heterocycles. The van der Waals surface area contributed by atoms with Gasteiger partial charge in [0.15, 0.2) is 0 Å². The lowest BCUT2D eigenvalue weighted by atomic mass is 10.2. The molecular formula is C19H19FINOS. The van der Waals surface area contributed by atoms with Crippen molar-refractivity contribution >= 4 is 45.9 Å². The van der Waals surface area contributed by atoms with E-state index < -0.39 is 0 Å². The van der Waals surface area contributed by atoms with E-state index in [1.54, 1.807) is 19.1 Å². The summed E-state index contributed by atoms with van der Waals surface area (Å²) in [5, 5.41) is 3.51. The largest absolute Gasteiger partial charge is 0.322 e. The molecule has 1 saturated carbocycles. The molecule has 24 heavy (non-hydrogen) atoms. The van der Waals surface area contributed by atoms with Crippen LogP contribution < -0.4 is 5.32 Å². The summed E-state index contributed by atoms with van der Waals surface area (Å²) in [5.41, 5.74) is 1.77. The second-order valence-corrected chi connectivity index (χ2v) is 8.59. The third-order valence-corrected chi connectivity index (χ3v) is 6.91. The van der Waals surface area contributed by atoms with Crippen molar-refractivity contribution in [2.75, 3.05) is 5.32 Å². The maximum Gasteiger partial charge on any atom is 0.255 e. The van der Waals surface area contributed by atoms with Crippen molar-refractivity contribution < 1.29 is 9.18 Å². The van der Waals surface area contributed by atoms with E-state index in [1.165, 1.54) is 40.2 Å². The van der Waals surface area contributed by atoms with E-state index >= 15 is 0 Å². The Morgan fingerprint density at radius 3 is 2.67 bits per heavy atom. The molecule has 0 bridgehead atoms. The van der Waals surface area contributed by atoms with Crippen LogP contribution >= 0.6 is 34.4 Å². The molecule has 2 aromatic carbocycles. The maximum absolute atomic E-state index is 13.3. The summed E-state index contributed by atoms with van der Waals surface area (Å²) in [7, 11) is 0. The number of thioether (sulfide) groups is 1. The van der Waals surface area contributed by atoms with E-state index in [2.05, 4.69) is 27.9 Å². The van der Waals surface area contributed by atoms with Crippen LogP contribution in [0, 0.1) is 16.3 Å². The van der Waals surface area contributed by atoms with Crippen LogP contribution in [0.25, 0.3) is 0 Å². The second kappa shape index (κ2) is 7.87. The van der Waals surface area contributed by atoms with Crippen LogP contribution in [0.1, 0.15) is 41.6 Å². The van der Waals surface area contributed by atoms with Crippen molar-refractivity contribution in [1.82, 2.24) is 0 Å². The van der Waals surface area contributed by atoms with Gasteiger partial charge >= 0.3 is 0 Å². The highest BCUT2D eigenvalue weighted by Crippen LogP contribution is 2.37. The van der Waals surface area contributed by atoms with E-state index in [0.29, 0.717) is 22.1 Å². The molecule has 5 heteroatoms. The highest BCUT2D eigenvalue weighted by molar-refractivity contribution is 14.1. The fourth-order valence-electron chi connectivity index (χ4n) is 2.85. The fourth-order valence-corrected chi connectivity index (χ4v) is 4.87. The number of benzene rings is 2. The minimum atomic E-state index is -0.266. The molecule has 0 saturated heterocycles. The summed E-state index contributed by atoms with van der Waals surface area (Å²) >= 11 is 4.21. The summed E-state index contributed by atoms with van der Waals surface area (Å²) in [6, 6.07) is 10.4. The van der Waals surface area contributed by atoms with Gasteiger partial charge < -0.3 is 5.32 Å². The first-order valence-corrected chi connectivity index (χ1v) is 10.0. The van der Waals surface area contributed by atoms with Gasteiger partial charge in [0.1, 0.15) is 5.82 Å². The van der Waals surface area contributed by atoms with Crippen LogP contribution in [-0.4, -0.2) is 11.2 Å². The Kier molecular flexibility index (Phi) is 5.81. The minimum absolute atomic E-state index is 0.161. The first-order valence-electron chi connectivity index (χ1n) is 8.06. The number of rotatable bonds is 4. The molecule has 1 aliphatic carbocycles. The second-order valence-electron chi connectivity index (χ2n) is 6.09. The summed E-state index contributed by atoms with van der Waals surface area (Å²) in [6.07, 6.45) is 5.12. The van der Waals surface area contributed by atoms with Crippen molar-refractivity contribution in [2.45, 2.75) is 42.8 Å². The van der Waals surface area contributed by atoms with Crippen LogP contribution in [0.4, 0.5) is 10.1 Å². The zero-order valence-electron chi connectivity index (χ0n) is 13.4. The molecule has 0 radical (unpaired) electrons. The fraction of sp³-hybridized carbons (Fsp3) is 0.316. The van der Waals surface area contributed by atoms with Crippen LogP contribution in [0.15, 0.2) is 41.3 Å². The summed E-state index contributed by atoms with van der Waals surface area (Å²) in [6.45, 7) is 1.69. The summed E-state index contributed by atoms with van der Waals surface area (Å²) < 4.78 is 14.5. The highest BCUT2D eigenvalue weighted by atomic mass is 127. The quantitative estimate of drug-likeness (QED) is 0.571. The minimum Gasteiger partial charge on any atom is -0.322 e. The van der Waals surface area contributed by atoms with Gasteiger partial charge in [-0.3, -0.25) is 4.79 Å². The lowest BCUT2D eigenvalue weighted by molar-refractivity contribution is 0.102. The van der Waals surface area contributed by atoms with Crippen molar-refractivity contribution in [2.24, 2.45) is 0 Å². The molecule has 1 N–H and O–H groups in total. The molecule has 1 aliphatic rings. The Balaban J connectivity index is 1.75. The molecule has 0 heterocycles. The number of hydrogen-bond donors (Lipinski definition) is 1. The lowest BCUT2D eigenvalue weighted by Crippen LogP contribution is -2.12. The monoisotopic (exact) mass is 455 g/mol. The van der Waals surface area contributed by atoms with Gasteiger partial charge in [0.2, 0.25) is 0 Å². The molecule has 0 unspecified atom stereocenters. The Morgan fingerprint density at radius 1 is 1.21 bits per heavy atom. The van der Waals surface area contributed by atoms with Crippen LogP contribution in [0.3, 0.4) is 0 Å². The first-order chi connectivity index (χ1) is 11.5. The van der Waals surface area contributed by atoms with E-state index in [9.17, 15) is 9.18 Å². The number of anilines is 1. The number of nitrogens with one attached hydrogen (secondary N) is 1. The number of halogens is 2. The first kappa shape index (κ1) is 17.7. The van der Waals surface area contributed by atoms with Gasteiger partial charge in [-0.1, -0.05) is 12.8 Å². The van der Waals surface area contributed by atoms with Crippen LogP contribution in [-0.2, 0) is 0 Å². The van der Waals surface area contributed by atoms with Gasteiger partial charge in [-0.15, -0.1) is 11.8 Å². The molecule has 3 rings (SSSR count). The Morgan fingerprint density at radius 2 is 1.96 bits per heavy atom. The zero-order valence-corrected chi connectivity index (χ0v) is 16.4. The number of aryl methyl sites for hydroxylation is 1. The van der Waals surface area contributed by atoms with Crippen LogP contribution in [0.5, 0.6) is 0 Å². The van der Waals surface area contributed by atoms with Crippen molar-refractivity contribution in [1.29, 1.82) is 0 Å². The SMILES string of the molecule is Cc1cc(NC(=O)c2ccc(I)c(SC3CCCC3)c2)ccc1F. The number of carbonyl (C=O) groups is 1. The lowest BCUT2D eigenvalue weighted by Gasteiger charge is -2.12. The van der Waals surface area contributed by atoms with Crippen molar-refractivity contribution in [3.8, 4) is 0 Å². The average Bonchev–Trinajstić information content (AvgIpc) is 3.06. The smallest absolute Gasteiger partial charge is 0.255 e. The summed E-state index contributed by atoms with van der Waals surface area (Å²) in [4.78, 5) is 13.7. The topological polar surface area (TPSA) is 29.1 Å². The Labute approximate surface area is 159 Å². The highest BCUT2D eigenvalue weighted by Gasteiger charge is 2.18. The van der Waals surface area contributed by atoms with Gasteiger partial charge in [-0.2, -0.15) is 0 Å². The number of amides is 1. The molecule has 1 amide bonds. The predicted octanol–water partition coefficient (Wildman–Crippen LogP) is 6.03. The average molecular weight is 455 g/mol. The van der Waals surface area contributed by atoms with Gasteiger partial charge in [-0.05, 0) is 84.3 Å². The van der Waals surface area contributed by atoms with Gasteiger partial charge in [-0.25, -0.2) is 4.39 Å². The summed E-state index contributed by atoms with van der Waals surface area (Å²) in [5.74, 6) is -0.428. The standard InChI is InChI=1S/C19H19FINOS/c1-12-10-14(7-8-16(12)20)22-19(23)13-6-9-17(21)18(11-13)24-15-4-2-3-5-15/h6-11,15H,2-5H2,1H3,(H,22,23). The number of hydrogen-bond acceptors (Lipinski definition) is 2. The van der Waals surface area contributed by atoms with E-state index in [1.807, 2.05) is 30.0 Å². The molecular weight excluding hydrogens is 436 g/mol. The molecule has 2 nitrogen and oxygen atoms in total. The Hall–Kier alpha value is -1.08.